The van der Waals surface area contributed by atoms with E-state index in [1.807, 2.05) is 11.3 Å². The van der Waals surface area contributed by atoms with E-state index in [1.165, 1.54) is 136 Å². The van der Waals surface area contributed by atoms with Crippen LogP contribution in [0.2, 0.25) is 0 Å². The van der Waals surface area contributed by atoms with E-state index in [0.29, 0.717) is 0 Å². The van der Waals surface area contributed by atoms with E-state index in [4.69, 9.17) is 0 Å². The van der Waals surface area contributed by atoms with Crippen molar-refractivity contribution in [2.75, 3.05) is 10.2 Å². The Balaban J connectivity index is 1.21. The fourth-order valence-corrected chi connectivity index (χ4v) is 13.2. The summed E-state index contributed by atoms with van der Waals surface area (Å²) in [4.78, 5) is 2.52. The minimum absolute atomic E-state index is 0.0422. The fourth-order valence-electron chi connectivity index (χ4n) is 12.1. The van der Waals surface area contributed by atoms with E-state index in [0.717, 1.165) is 48.4 Å². The number of anilines is 5. The van der Waals surface area contributed by atoms with Gasteiger partial charge in [0.1, 0.15) is 0 Å². The molecule has 1 N–H and O–H groups in total. The van der Waals surface area contributed by atoms with E-state index in [9.17, 15) is 0 Å². The van der Waals surface area contributed by atoms with Crippen LogP contribution in [0.3, 0.4) is 0 Å². The Morgan fingerprint density at radius 1 is 0.577 bits per heavy atom. The highest BCUT2D eigenvalue weighted by atomic mass is 32.1. The summed E-state index contributed by atoms with van der Waals surface area (Å²) in [6.45, 7) is 14.5. The second-order valence-electron chi connectivity index (χ2n) is 21.9. The van der Waals surface area contributed by atoms with Gasteiger partial charge in [-0.1, -0.05) is 152 Å². The van der Waals surface area contributed by atoms with Gasteiger partial charge in [-0.3, -0.25) is 0 Å². The molecular formula is C66H65BN3S. The number of unbranched alkanes of at least 4 members (excludes halogenated alkanes) is 4. The molecule has 1 aliphatic carbocycles. The molecule has 0 unspecified atom stereocenters. The molecule has 8 aromatic carbocycles. The molecule has 3 nitrogen and oxygen atoms in total. The van der Waals surface area contributed by atoms with E-state index in [1.54, 1.807) is 0 Å². The van der Waals surface area contributed by atoms with E-state index in [2.05, 4.69) is 221 Å². The molecule has 12 rings (SSSR count). The van der Waals surface area contributed by atoms with Crippen molar-refractivity contribution in [3.8, 4) is 16.8 Å². The summed E-state index contributed by atoms with van der Waals surface area (Å²) in [5.41, 5.74) is 20.3. The molecule has 10 aromatic rings. The SMILES string of the molecule is CCCCCc1ccc(Nc2cc3c(cc2-c2cc(N(c4ccccc4)c4ccccc4)c4c5cc6c(cc5n5c4c2[B]c2cc(CCCCC)ccc2-5)C(C)(C)CCC6(C)C)sc2ccccc23)cc1. The Bertz CT molecular complexity index is 3580. The lowest BCUT2D eigenvalue weighted by Gasteiger charge is -2.42. The number of rotatable bonds is 14. The number of fused-ring (bicyclic) bond motifs is 9. The summed E-state index contributed by atoms with van der Waals surface area (Å²) in [5, 5.41) is 9.26. The average Bonchev–Trinajstić information content (AvgIpc) is 3.93. The first-order valence-corrected chi connectivity index (χ1v) is 27.3. The molecule has 5 heteroatoms. The number of nitrogens with one attached hydrogen (secondary N) is 1. The number of aryl methyl sites for hydroxylation is 2. The van der Waals surface area contributed by atoms with Crippen LogP contribution in [0, 0.1) is 0 Å². The third-order valence-corrected chi connectivity index (χ3v) is 17.2. The summed E-state index contributed by atoms with van der Waals surface area (Å²) in [6, 6.07) is 60.3. The van der Waals surface area contributed by atoms with E-state index in [-0.39, 0.29) is 10.8 Å². The van der Waals surface area contributed by atoms with Crippen LogP contribution in [0.5, 0.6) is 0 Å². The number of hydrogen-bond acceptors (Lipinski definition) is 3. The molecule has 0 atom stereocenters. The molecule has 2 aromatic heterocycles. The molecule has 1 aliphatic heterocycles. The number of nitrogens with zero attached hydrogens (tertiary/aromatic N) is 2. The second-order valence-corrected chi connectivity index (χ2v) is 23.0. The Morgan fingerprint density at radius 3 is 1.90 bits per heavy atom. The first-order chi connectivity index (χ1) is 34.6. The van der Waals surface area contributed by atoms with Crippen LogP contribution in [0.1, 0.15) is 115 Å². The number of hydrogen-bond donors (Lipinski definition) is 1. The maximum absolute atomic E-state index is 4.07. The van der Waals surface area contributed by atoms with Crippen LogP contribution < -0.4 is 21.1 Å². The smallest absolute Gasteiger partial charge is 0.197 e. The lowest BCUT2D eigenvalue weighted by Crippen LogP contribution is -2.38. The molecule has 0 fully saturated rings. The normalized spacial score (nSPS) is 14.5. The largest absolute Gasteiger partial charge is 0.355 e. The second kappa shape index (κ2) is 18.2. The molecule has 353 valence electrons. The van der Waals surface area contributed by atoms with Gasteiger partial charge in [-0.2, -0.15) is 0 Å². The van der Waals surface area contributed by atoms with Gasteiger partial charge in [0.15, 0.2) is 7.28 Å². The van der Waals surface area contributed by atoms with Crippen molar-refractivity contribution in [1.82, 2.24) is 4.57 Å². The summed E-state index contributed by atoms with van der Waals surface area (Å²) in [7, 11) is 2.55. The van der Waals surface area contributed by atoms with Gasteiger partial charge in [0.2, 0.25) is 0 Å². The van der Waals surface area contributed by atoms with Gasteiger partial charge in [0.25, 0.3) is 0 Å². The molecule has 0 saturated carbocycles. The predicted octanol–water partition coefficient (Wildman–Crippen LogP) is 17.8. The Morgan fingerprint density at radius 2 is 1.21 bits per heavy atom. The summed E-state index contributed by atoms with van der Waals surface area (Å²) >= 11 is 1.90. The molecule has 0 saturated heterocycles. The van der Waals surface area contributed by atoms with Gasteiger partial charge in [-0.05, 0) is 161 Å². The lowest BCUT2D eigenvalue weighted by molar-refractivity contribution is 0.332. The molecule has 2 aliphatic rings. The van der Waals surface area contributed by atoms with Crippen molar-refractivity contribution >= 4 is 100.0 Å². The standard InChI is InChI=1S/C66H65BN3S/c1-7-9-13-21-43-29-32-45(33-30-43)68-56-39-50-48-27-19-20-28-60(48)71-61(50)41-49(56)51-40-59(69(46-23-15-11-16-24-46)47-25-17-12-18-26-47)62-52-38-53-54(66(5,6)36-35-65(53,3)4)42-58(52)70-57-34-31-44(22-14-10-8-2)37-55(57)67-63(51)64(62)70/h11-12,15-20,23-34,37-42,68H,7-10,13-14,21-22,35-36H2,1-6H3. The highest BCUT2D eigenvalue weighted by molar-refractivity contribution is 7.25. The van der Waals surface area contributed by atoms with Crippen molar-refractivity contribution in [2.24, 2.45) is 0 Å². The summed E-state index contributed by atoms with van der Waals surface area (Å²) in [6.07, 6.45) is 11.9. The number of thiophene rings is 1. The van der Waals surface area contributed by atoms with E-state index < -0.39 is 0 Å². The van der Waals surface area contributed by atoms with Crippen molar-refractivity contribution < 1.29 is 0 Å². The third-order valence-electron chi connectivity index (χ3n) is 16.1. The first kappa shape index (κ1) is 45.6. The highest BCUT2D eigenvalue weighted by Gasteiger charge is 2.39. The van der Waals surface area contributed by atoms with Crippen molar-refractivity contribution in [1.29, 1.82) is 0 Å². The maximum atomic E-state index is 4.07. The predicted molar refractivity (Wildman–Crippen MR) is 310 cm³/mol. The van der Waals surface area contributed by atoms with Crippen molar-refractivity contribution in [3.05, 3.63) is 180 Å². The van der Waals surface area contributed by atoms with Gasteiger partial charge in [0, 0.05) is 64.9 Å². The van der Waals surface area contributed by atoms with Crippen molar-refractivity contribution in [3.63, 3.8) is 0 Å². The molecule has 1 radical (unpaired) electrons. The average molecular weight is 943 g/mol. The third kappa shape index (κ3) is 8.06. The molecule has 3 heterocycles. The molecule has 71 heavy (non-hydrogen) atoms. The highest BCUT2D eigenvalue weighted by Crippen LogP contribution is 2.52. The number of benzene rings is 8. The molecular weight excluding hydrogens is 878 g/mol. The van der Waals surface area contributed by atoms with Crippen LogP contribution >= 0.6 is 11.3 Å². The van der Waals surface area contributed by atoms with E-state index >= 15 is 0 Å². The van der Waals surface area contributed by atoms with Gasteiger partial charge in [-0.15, -0.1) is 11.3 Å². The summed E-state index contributed by atoms with van der Waals surface area (Å²) < 4.78 is 5.28. The minimum atomic E-state index is 0.0422. The van der Waals surface area contributed by atoms with Crippen LogP contribution in [0.4, 0.5) is 28.4 Å². The van der Waals surface area contributed by atoms with Gasteiger partial charge < -0.3 is 14.8 Å². The Labute approximate surface area is 425 Å². The molecule has 0 spiro atoms. The Kier molecular flexibility index (Phi) is 11.7. The first-order valence-electron chi connectivity index (χ1n) is 26.5. The fraction of sp³-hybridized carbons (Fsp3) is 0.273. The zero-order valence-electron chi connectivity index (χ0n) is 42.5. The van der Waals surface area contributed by atoms with Crippen LogP contribution in [-0.2, 0) is 23.7 Å². The van der Waals surface area contributed by atoms with Gasteiger partial charge >= 0.3 is 0 Å². The monoisotopic (exact) mass is 942 g/mol. The number of para-hydroxylation sites is 2. The molecule has 0 amide bonds. The van der Waals surface area contributed by atoms with Crippen LogP contribution in [-0.4, -0.2) is 11.8 Å². The topological polar surface area (TPSA) is 20.2 Å². The van der Waals surface area contributed by atoms with Gasteiger partial charge in [0.05, 0.1) is 16.7 Å². The zero-order chi connectivity index (χ0) is 48.4. The van der Waals surface area contributed by atoms with Gasteiger partial charge in [-0.25, -0.2) is 0 Å². The number of aromatic nitrogens is 1. The lowest BCUT2D eigenvalue weighted by atomic mass is 9.58. The molecule has 0 bridgehead atoms. The van der Waals surface area contributed by atoms with Crippen molar-refractivity contribution in [2.45, 2.75) is 117 Å². The zero-order valence-corrected chi connectivity index (χ0v) is 43.3. The Hall–Kier alpha value is -6.56. The quantitative estimate of drug-likeness (QED) is 0.0866. The minimum Gasteiger partial charge on any atom is -0.355 e. The van der Waals surface area contributed by atoms with Crippen LogP contribution in [0.25, 0.3) is 58.8 Å². The maximum Gasteiger partial charge on any atom is 0.197 e. The van der Waals surface area contributed by atoms with Crippen LogP contribution in [0.15, 0.2) is 158 Å². The summed E-state index contributed by atoms with van der Waals surface area (Å²) in [5.74, 6) is 0.